The van der Waals surface area contributed by atoms with Crippen molar-refractivity contribution in [3.8, 4) is 0 Å². The molecular formula is C18H22Cl2N4O. The van der Waals surface area contributed by atoms with Crippen LogP contribution in [0.5, 0.6) is 0 Å². The molecule has 0 saturated carbocycles. The van der Waals surface area contributed by atoms with Crippen LogP contribution in [0, 0.1) is 0 Å². The minimum atomic E-state index is -0.126. The van der Waals surface area contributed by atoms with E-state index in [1.165, 1.54) is 0 Å². The van der Waals surface area contributed by atoms with Crippen molar-refractivity contribution in [3.05, 3.63) is 57.8 Å². The van der Waals surface area contributed by atoms with Crippen molar-refractivity contribution in [3.63, 3.8) is 0 Å². The lowest BCUT2D eigenvalue weighted by molar-refractivity contribution is 0.0950. The molecule has 2 rings (SSSR count). The zero-order chi connectivity index (χ0) is 18.2. The van der Waals surface area contributed by atoms with Gasteiger partial charge in [0.1, 0.15) is 0 Å². The Hall–Kier alpha value is -1.82. The smallest absolute Gasteiger partial charge is 0.252 e. The fourth-order valence-electron chi connectivity index (χ4n) is 2.22. The third-order valence-corrected chi connectivity index (χ3v) is 4.17. The summed E-state index contributed by atoms with van der Waals surface area (Å²) in [5.74, 6) is -0.126. The maximum atomic E-state index is 12.1. The van der Waals surface area contributed by atoms with Gasteiger partial charge in [-0.2, -0.15) is 0 Å². The second-order valence-electron chi connectivity index (χ2n) is 5.93. The predicted molar refractivity (Wildman–Crippen MR) is 104 cm³/mol. The molecule has 1 amide bonds. The highest BCUT2D eigenvalue weighted by molar-refractivity contribution is 6.35. The van der Waals surface area contributed by atoms with Crippen LogP contribution in [-0.2, 0) is 6.42 Å². The van der Waals surface area contributed by atoms with Crippen LogP contribution in [0.2, 0.25) is 10.0 Å². The monoisotopic (exact) mass is 380 g/mol. The average molecular weight is 381 g/mol. The van der Waals surface area contributed by atoms with Crippen molar-refractivity contribution in [1.82, 2.24) is 15.2 Å². The molecule has 1 aromatic carbocycles. The summed E-state index contributed by atoms with van der Waals surface area (Å²) in [6.07, 6.45) is 4.00. The standard InChI is InChI=1S/C18H22Cl2N4O/c1-24(2)8-7-23-18(25)14-9-16(12-21-11-14)22-6-5-13-3-4-15(19)10-17(13)20/h3-4,9-12,22H,5-8H2,1-2H3,(H,23,25). The summed E-state index contributed by atoms with van der Waals surface area (Å²) in [6.45, 7) is 2.06. The van der Waals surface area contributed by atoms with Gasteiger partial charge >= 0.3 is 0 Å². The van der Waals surface area contributed by atoms with Crippen molar-refractivity contribution in [2.24, 2.45) is 0 Å². The molecule has 0 radical (unpaired) electrons. The van der Waals surface area contributed by atoms with Crippen LogP contribution >= 0.6 is 23.2 Å². The third kappa shape index (κ3) is 6.53. The maximum absolute atomic E-state index is 12.1. The molecule has 0 unspecified atom stereocenters. The molecule has 0 fully saturated rings. The quantitative estimate of drug-likeness (QED) is 0.737. The molecule has 0 aliphatic heterocycles. The molecule has 0 atom stereocenters. The number of likely N-dealkylation sites (N-methyl/N-ethyl adjacent to an activating group) is 1. The van der Waals surface area contributed by atoms with Crippen molar-refractivity contribution in [2.45, 2.75) is 6.42 Å². The molecule has 0 spiro atoms. The molecule has 7 heteroatoms. The van der Waals surface area contributed by atoms with Gasteiger partial charge in [-0.15, -0.1) is 0 Å². The first kappa shape index (κ1) is 19.5. The van der Waals surface area contributed by atoms with E-state index in [4.69, 9.17) is 23.2 Å². The summed E-state index contributed by atoms with van der Waals surface area (Å²) in [7, 11) is 3.93. The number of hydrogen-bond donors (Lipinski definition) is 2. The Morgan fingerprint density at radius 1 is 1.16 bits per heavy atom. The molecule has 0 aliphatic rings. The Balaban J connectivity index is 1.87. The molecule has 1 aromatic heterocycles. The summed E-state index contributed by atoms with van der Waals surface area (Å²) < 4.78 is 0. The Bertz CT molecular complexity index is 722. The Morgan fingerprint density at radius 2 is 1.96 bits per heavy atom. The first-order valence-corrected chi connectivity index (χ1v) is 8.77. The van der Waals surface area contributed by atoms with Crippen LogP contribution < -0.4 is 10.6 Å². The Kier molecular flexibility index (Phi) is 7.50. The van der Waals surface area contributed by atoms with Gasteiger partial charge in [-0.1, -0.05) is 29.3 Å². The van der Waals surface area contributed by atoms with E-state index in [2.05, 4.69) is 15.6 Å². The lowest BCUT2D eigenvalue weighted by Gasteiger charge is -2.11. The first-order valence-electron chi connectivity index (χ1n) is 8.01. The van der Waals surface area contributed by atoms with Gasteiger partial charge in [0.15, 0.2) is 0 Å². The number of nitrogens with zero attached hydrogens (tertiary/aromatic N) is 2. The summed E-state index contributed by atoms with van der Waals surface area (Å²) in [5, 5.41) is 7.41. The molecule has 0 saturated heterocycles. The molecule has 134 valence electrons. The summed E-state index contributed by atoms with van der Waals surface area (Å²) in [6, 6.07) is 7.27. The number of pyridine rings is 1. The van der Waals surface area contributed by atoms with E-state index in [1.807, 2.05) is 31.1 Å². The summed E-state index contributed by atoms with van der Waals surface area (Å²) in [5.41, 5.74) is 2.35. The second-order valence-corrected chi connectivity index (χ2v) is 6.78. The number of carbonyl (C=O) groups is 1. The Labute approximate surface area is 158 Å². The lowest BCUT2D eigenvalue weighted by Crippen LogP contribution is -2.31. The van der Waals surface area contributed by atoms with Gasteiger partial charge in [-0.25, -0.2) is 0 Å². The SMILES string of the molecule is CN(C)CCNC(=O)c1cncc(NCCc2ccc(Cl)cc2Cl)c1. The van der Waals surface area contributed by atoms with E-state index in [0.29, 0.717) is 28.7 Å². The van der Waals surface area contributed by atoms with Gasteiger partial charge in [-0.05, 0) is 44.3 Å². The zero-order valence-electron chi connectivity index (χ0n) is 14.4. The number of benzene rings is 1. The summed E-state index contributed by atoms with van der Waals surface area (Å²) >= 11 is 12.1. The van der Waals surface area contributed by atoms with Crippen LogP contribution in [0.25, 0.3) is 0 Å². The van der Waals surface area contributed by atoms with Gasteiger partial charge < -0.3 is 15.5 Å². The normalized spacial score (nSPS) is 10.8. The number of aromatic nitrogens is 1. The third-order valence-electron chi connectivity index (χ3n) is 3.58. The molecule has 1 heterocycles. The molecule has 2 aromatic rings. The number of hydrogen-bond acceptors (Lipinski definition) is 4. The highest BCUT2D eigenvalue weighted by Gasteiger charge is 2.07. The Morgan fingerprint density at radius 3 is 2.68 bits per heavy atom. The van der Waals surface area contributed by atoms with E-state index in [0.717, 1.165) is 24.2 Å². The second kappa shape index (κ2) is 9.61. The van der Waals surface area contributed by atoms with E-state index >= 15 is 0 Å². The molecule has 25 heavy (non-hydrogen) atoms. The van der Waals surface area contributed by atoms with Crippen molar-refractivity contribution < 1.29 is 4.79 Å². The van der Waals surface area contributed by atoms with Crippen molar-refractivity contribution in [1.29, 1.82) is 0 Å². The van der Waals surface area contributed by atoms with E-state index in [9.17, 15) is 4.79 Å². The lowest BCUT2D eigenvalue weighted by atomic mass is 10.1. The van der Waals surface area contributed by atoms with Gasteiger partial charge in [0.2, 0.25) is 0 Å². The van der Waals surface area contributed by atoms with Gasteiger partial charge in [0.05, 0.1) is 11.3 Å². The number of halogens is 2. The fourth-order valence-corrected chi connectivity index (χ4v) is 2.72. The van der Waals surface area contributed by atoms with Crippen LogP contribution in [0.3, 0.4) is 0 Å². The molecule has 5 nitrogen and oxygen atoms in total. The molecule has 0 bridgehead atoms. The minimum absolute atomic E-state index is 0.126. The summed E-state index contributed by atoms with van der Waals surface area (Å²) in [4.78, 5) is 18.3. The van der Waals surface area contributed by atoms with Crippen molar-refractivity contribution >= 4 is 34.8 Å². The first-order chi connectivity index (χ1) is 12.0. The number of amides is 1. The number of anilines is 1. The van der Waals surface area contributed by atoms with Crippen molar-refractivity contribution in [2.75, 3.05) is 39.0 Å². The number of rotatable bonds is 8. The van der Waals surface area contributed by atoms with Gasteiger partial charge in [0.25, 0.3) is 5.91 Å². The van der Waals surface area contributed by atoms with Crippen LogP contribution in [0.1, 0.15) is 15.9 Å². The van der Waals surface area contributed by atoms with Gasteiger partial charge in [-0.3, -0.25) is 9.78 Å². The zero-order valence-corrected chi connectivity index (χ0v) is 15.9. The van der Waals surface area contributed by atoms with Gasteiger partial charge in [0, 0.05) is 42.1 Å². The fraction of sp³-hybridized carbons (Fsp3) is 0.333. The number of carbonyl (C=O) groups excluding carboxylic acids is 1. The number of nitrogens with one attached hydrogen (secondary N) is 2. The van der Waals surface area contributed by atoms with E-state index in [-0.39, 0.29) is 5.91 Å². The van der Waals surface area contributed by atoms with Crippen LogP contribution in [-0.4, -0.2) is 49.5 Å². The molecule has 0 aliphatic carbocycles. The maximum Gasteiger partial charge on any atom is 0.252 e. The highest BCUT2D eigenvalue weighted by atomic mass is 35.5. The molecular weight excluding hydrogens is 359 g/mol. The molecule has 2 N–H and O–H groups in total. The highest BCUT2D eigenvalue weighted by Crippen LogP contribution is 2.21. The van der Waals surface area contributed by atoms with Crippen LogP contribution in [0.4, 0.5) is 5.69 Å². The largest absolute Gasteiger partial charge is 0.383 e. The average Bonchev–Trinajstić information content (AvgIpc) is 2.57. The van der Waals surface area contributed by atoms with Crippen LogP contribution in [0.15, 0.2) is 36.7 Å². The van der Waals surface area contributed by atoms with E-state index in [1.54, 1.807) is 24.5 Å². The topological polar surface area (TPSA) is 57.3 Å². The minimum Gasteiger partial charge on any atom is -0.383 e. The predicted octanol–water partition coefficient (Wildman–Crippen LogP) is 3.33. The van der Waals surface area contributed by atoms with E-state index < -0.39 is 0 Å².